The van der Waals surface area contributed by atoms with Crippen LogP contribution in [0.5, 0.6) is 5.88 Å². The highest BCUT2D eigenvalue weighted by Crippen LogP contribution is 2.24. The summed E-state index contributed by atoms with van der Waals surface area (Å²) >= 11 is 6.17. The van der Waals surface area contributed by atoms with Crippen LogP contribution in [0.25, 0.3) is 0 Å². The summed E-state index contributed by atoms with van der Waals surface area (Å²) in [4.78, 5) is 32.2. The molecule has 0 saturated carbocycles. The smallest absolute Gasteiger partial charge is 0.256 e. The van der Waals surface area contributed by atoms with E-state index in [1.54, 1.807) is 12.1 Å². The molecule has 8 heteroatoms. The molecule has 1 aliphatic rings. The lowest BCUT2D eigenvalue weighted by Gasteiger charge is -2.34. The minimum absolute atomic E-state index is 0.0986. The number of nitrogens with zero attached hydrogens (tertiary/aromatic N) is 3. The molecule has 1 fully saturated rings. The van der Waals surface area contributed by atoms with Crippen molar-refractivity contribution in [1.82, 2.24) is 9.88 Å². The Labute approximate surface area is 167 Å². The van der Waals surface area contributed by atoms with Crippen molar-refractivity contribution in [1.29, 1.82) is 0 Å². The van der Waals surface area contributed by atoms with Gasteiger partial charge in [-0.2, -0.15) is 0 Å². The summed E-state index contributed by atoms with van der Waals surface area (Å²) in [5, 5.41) is 0.247. The number of halogens is 2. The van der Waals surface area contributed by atoms with E-state index in [4.69, 9.17) is 16.3 Å². The lowest BCUT2D eigenvalue weighted by Crippen LogP contribution is -2.52. The molecule has 6 nitrogen and oxygen atoms in total. The van der Waals surface area contributed by atoms with Gasteiger partial charge in [0.25, 0.3) is 5.91 Å². The molecular weight excluding hydrogens is 385 g/mol. The number of carbonyl (C=O) groups is 2. The van der Waals surface area contributed by atoms with Crippen molar-refractivity contribution in [3.63, 3.8) is 0 Å². The van der Waals surface area contributed by atoms with Gasteiger partial charge < -0.3 is 14.5 Å². The number of hydrogen-bond donors (Lipinski definition) is 0. The standard InChI is InChI=1S/C20H21ClFN3O3/c1-13(2)12-28-19-17(21)8-14(10-23-19)20(27)24-6-7-25(18(26)11-24)16-5-3-4-15(22)9-16/h3-5,8-10,13H,6-7,11-12H2,1-2H3. The Kier molecular flexibility index (Phi) is 6.14. The fourth-order valence-corrected chi connectivity index (χ4v) is 3.06. The Balaban J connectivity index is 1.67. The fraction of sp³-hybridized carbons (Fsp3) is 0.350. The van der Waals surface area contributed by atoms with Crippen LogP contribution in [0.15, 0.2) is 36.5 Å². The first-order valence-corrected chi connectivity index (χ1v) is 9.36. The van der Waals surface area contributed by atoms with Gasteiger partial charge >= 0.3 is 0 Å². The van der Waals surface area contributed by atoms with Crippen molar-refractivity contribution >= 4 is 29.1 Å². The molecule has 2 aromatic rings. The van der Waals surface area contributed by atoms with Crippen molar-refractivity contribution in [2.45, 2.75) is 13.8 Å². The molecule has 0 bridgehead atoms. The van der Waals surface area contributed by atoms with Gasteiger partial charge in [-0.05, 0) is 30.2 Å². The van der Waals surface area contributed by atoms with E-state index in [0.29, 0.717) is 24.8 Å². The summed E-state index contributed by atoms with van der Waals surface area (Å²) < 4.78 is 18.9. The van der Waals surface area contributed by atoms with Gasteiger partial charge in [-0.15, -0.1) is 0 Å². The molecule has 2 amide bonds. The molecule has 1 aliphatic heterocycles. The number of anilines is 1. The van der Waals surface area contributed by atoms with Gasteiger partial charge in [-0.3, -0.25) is 9.59 Å². The van der Waals surface area contributed by atoms with E-state index in [9.17, 15) is 14.0 Å². The second-order valence-electron chi connectivity index (χ2n) is 6.97. The number of rotatable bonds is 5. The van der Waals surface area contributed by atoms with Gasteiger partial charge in [0.15, 0.2) is 0 Å². The minimum atomic E-state index is -0.413. The first-order valence-electron chi connectivity index (χ1n) is 8.98. The van der Waals surface area contributed by atoms with Gasteiger partial charge in [-0.1, -0.05) is 31.5 Å². The average molecular weight is 406 g/mol. The summed E-state index contributed by atoms with van der Waals surface area (Å²) in [5.41, 5.74) is 0.766. The van der Waals surface area contributed by atoms with Crippen LogP contribution in [0.2, 0.25) is 5.02 Å². The highest BCUT2D eigenvalue weighted by molar-refractivity contribution is 6.32. The summed E-state index contributed by atoms with van der Waals surface area (Å²) in [5.74, 6) is -0.430. The van der Waals surface area contributed by atoms with Gasteiger partial charge in [0, 0.05) is 25.0 Å². The van der Waals surface area contributed by atoms with E-state index >= 15 is 0 Å². The van der Waals surface area contributed by atoms with E-state index in [-0.39, 0.29) is 41.4 Å². The van der Waals surface area contributed by atoms with Crippen LogP contribution in [0.3, 0.4) is 0 Å². The Bertz CT molecular complexity index is 891. The van der Waals surface area contributed by atoms with E-state index < -0.39 is 5.82 Å². The maximum absolute atomic E-state index is 13.4. The summed E-state index contributed by atoms with van der Waals surface area (Å²) in [6, 6.07) is 7.33. The molecule has 0 aliphatic carbocycles. The van der Waals surface area contributed by atoms with E-state index in [0.717, 1.165) is 0 Å². The highest BCUT2D eigenvalue weighted by atomic mass is 35.5. The quantitative estimate of drug-likeness (QED) is 0.764. The van der Waals surface area contributed by atoms with Crippen LogP contribution in [0.4, 0.5) is 10.1 Å². The number of piperazine rings is 1. The normalized spacial score (nSPS) is 14.5. The Morgan fingerprint density at radius 2 is 2.11 bits per heavy atom. The minimum Gasteiger partial charge on any atom is -0.476 e. The molecular formula is C20H21ClFN3O3. The Morgan fingerprint density at radius 1 is 1.32 bits per heavy atom. The van der Waals surface area contributed by atoms with Crippen LogP contribution in [0, 0.1) is 11.7 Å². The van der Waals surface area contributed by atoms with Gasteiger partial charge in [0.1, 0.15) is 17.4 Å². The first kappa shape index (κ1) is 20.1. The van der Waals surface area contributed by atoms with Gasteiger partial charge in [0.05, 0.1) is 12.2 Å². The van der Waals surface area contributed by atoms with E-state index in [1.807, 2.05) is 13.8 Å². The van der Waals surface area contributed by atoms with Gasteiger partial charge in [0.2, 0.25) is 11.8 Å². The number of ether oxygens (including phenoxy) is 1. The van der Waals surface area contributed by atoms with Crippen molar-refractivity contribution in [3.8, 4) is 5.88 Å². The first-order chi connectivity index (χ1) is 13.3. The van der Waals surface area contributed by atoms with Crippen LogP contribution in [-0.2, 0) is 4.79 Å². The molecule has 1 saturated heterocycles. The van der Waals surface area contributed by atoms with Crippen LogP contribution < -0.4 is 9.64 Å². The topological polar surface area (TPSA) is 62.7 Å². The molecule has 0 atom stereocenters. The summed E-state index contributed by atoms with van der Waals surface area (Å²) in [7, 11) is 0. The van der Waals surface area contributed by atoms with Crippen LogP contribution >= 0.6 is 11.6 Å². The molecule has 2 heterocycles. The number of pyridine rings is 1. The number of hydrogen-bond acceptors (Lipinski definition) is 4. The zero-order valence-electron chi connectivity index (χ0n) is 15.7. The van der Waals surface area contributed by atoms with Crippen molar-refractivity contribution < 1.29 is 18.7 Å². The largest absolute Gasteiger partial charge is 0.476 e. The predicted molar refractivity (Wildman–Crippen MR) is 104 cm³/mol. The monoisotopic (exact) mass is 405 g/mol. The molecule has 0 unspecified atom stereocenters. The Morgan fingerprint density at radius 3 is 2.75 bits per heavy atom. The second-order valence-corrected chi connectivity index (χ2v) is 7.37. The van der Waals surface area contributed by atoms with Crippen molar-refractivity contribution in [2.24, 2.45) is 5.92 Å². The summed E-state index contributed by atoms with van der Waals surface area (Å²) in [6.07, 6.45) is 1.40. The summed E-state index contributed by atoms with van der Waals surface area (Å²) in [6.45, 7) is 4.99. The molecule has 1 aromatic carbocycles. The number of benzene rings is 1. The van der Waals surface area contributed by atoms with Gasteiger partial charge in [-0.25, -0.2) is 9.37 Å². The lowest BCUT2D eigenvalue weighted by atomic mass is 10.2. The molecule has 148 valence electrons. The third-order valence-corrected chi connectivity index (χ3v) is 4.51. The third-order valence-electron chi connectivity index (χ3n) is 4.24. The Hall–Kier alpha value is -2.67. The molecule has 0 spiro atoms. The average Bonchev–Trinajstić information content (AvgIpc) is 2.66. The van der Waals surface area contributed by atoms with E-state index in [2.05, 4.69) is 4.98 Å². The zero-order valence-corrected chi connectivity index (χ0v) is 16.4. The number of aromatic nitrogens is 1. The number of carbonyl (C=O) groups excluding carboxylic acids is 2. The SMILES string of the molecule is CC(C)COc1ncc(C(=O)N2CCN(c3cccc(F)c3)C(=O)C2)cc1Cl. The number of amides is 2. The lowest BCUT2D eigenvalue weighted by molar-refractivity contribution is -0.120. The maximum Gasteiger partial charge on any atom is 0.256 e. The highest BCUT2D eigenvalue weighted by Gasteiger charge is 2.29. The third kappa shape index (κ3) is 4.59. The second kappa shape index (κ2) is 8.56. The predicted octanol–water partition coefficient (Wildman–Crippen LogP) is 3.40. The van der Waals surface area contributed by atoms with Crippen LogP contribution in [-0.4, -0.2) is 47.9 Å². The van der Waals surface area contributed by atoms with Crippen molar-refractivity contribution in [3.05, 3.63) is 52.9 Å². The molecule has 28 heavy (non-hydrogen) atoms. The molecule has 3 rings (SSSR count). The van der Waals surface area contributed by atoms with Crippen molar-refractivity contribution in [2.75, 3.05) is 31.1 Å². The molecule has 0 N–H and O–H groups in total. The fourth-order valence-electron chi connectivity index (χ4n) is 2.84. The van der Waals surface area contributed by atoms with Crippen LogP contribution in [0.1, 0.15) is 24.2 Å². The molecule has 1 aromatic heterocycles. The maximum atomic E-state index is 13.4. The zero-order chi connectivity index (χ0) is 20.3. The van der Waals surface area contributed by atoms with E-state index in [1.165, 1.54) is 34.2 Å². The molecule has 0 radical (unpaired) electrons.